The van der Waals surface area contributed by atoms with Gasteiger partial charge in [-0.2, -0.15) is 0 Å². The lowest BCUT2D eigenvalue weighted by Gasteiger charge is -1.95. The molecule has 0 aromatic carbocycles. The first kappa shape index (κ1) is 10.4. The zero-order chi connectivity index (χ0) is 8.53. The molecule has 0 aliphatic rings. The molecule has 1 nitrogen and oxygen atoms in total. The van der Waals surface area contributed by atoms with E-state index in [0.29, 0.717) is 5.78 Å². The van der Waals surface area contributed by atoms with Crippen LogP contribution in [0.5, 0.6) is 0 Å². The third-order valence-electron chi connectivity index (χ3n) is 1.63. The Bertz CT molecular complexity index is 125. The number of ketones is 1. The van der Waals surface area contributed by atoms with Crippen LogP contribution >= 0.6 is 0 Å². The monoisotopic (exact) mass is 154 g/mol. The lowest BCUT2D eigenvalue weighted by Crippen LogP contribution is -1.95. The van der Waals surface area contributed by atoms with Gasteiger partial charge in [-0.15, -0.1) is 0 Å². The Morgan fingerprint density at radius 1 is 1.36 bits per heavy atom. The van der Waals surface area contributed by atoms with Crippen molar-refractivity contribution in [3.8, 4) is 0 Å². The summed E-state index contributed by atoms with van der Waals surface area (Å²) in [5, 5.41) is 0. The Balaban J connectivity index is 3.22. The van der Waals surface area contributed by atoms with Crippen LogP contribution in [0.3, 0.4) is 0 Å². The van der Waals surface area contributed by atoms with Gasteiger partial charge in [-0.3, -0.25) is 4.79 Å². The second kappa shape index (κ2) is 7.52. The highest BCUT2D eigenvalue weighted by Crippen LogP contribution is 2.01. The molecule has 0 aromatic heterocycles. The minimum absolute atomic E-state index is 0.407. The van der Waals surface area contributed by atoms with E-state index in [-0.39, 0.29) is 0 Å². The van der Waals surface area contributed by atoms with Crippen molar-refractivity contribution >= 4 is 5.78 Å². The first-order valence-electron chi connectivity index (χ1n) is 4.44. The van der Waals surface area contributed by atoms with Crippen molar-refractivity contribution in [2.24, 2.45) is 0 Å². The van der Waals surface area contributed by atoms with Crippen molar-refractivity contribution in [3.63, 3.8) is 0 Å². The van der Waals surface area contributed by atoms with E-state index >= 15 is 0 Å². The number of hydrogen-bond acceptors (Lipinski definition) is 1. The number of carbonyl (C=O) groups excluding carboxylic acids is 1. The number of allylic oxidation sites excluding steroid dienone is 2. The molecule has 0 spiro atoms. The number of carbonyl (C=O) groups is 1. The van der Waals surface area contributed by atoms with Gasteiger partial charge in [0.1, 0.15) is 5.78 Å². The number of rotatable bonds is 6. The smallest absolute Gasteiger partial charge is 0.133 e. The second-order valence-electron chi connectivity index (χ2n) is 2.75. The van der Waals surface area contributed by atoms with Crippen molar-refractivity contribution in [1.29, 1.82) is 0 Å². The minimum Gasteiger partial charge on any atom is -0.300 e. The van der Waals surface area contributed by atoms with Gasteiger partial charge in [0, 0.05) is 12.8 Å². The first-order chi connectivity index (χ1) is 5.31. The lowest BCUT2D eigenvalue weighted by atomic mass is 10.1. The zero-order valence-corrected chi connectivity index (χ0v) is 7.60. The fourth-order valence-corrected chi connectivity index (χ4v) is 0.910. The summed E-state index contributed by atoms with van der Waals surface area (Å²) in [5.41, 5.74) is 0. The normalized spacial score (nSPS) is 10.7. The van der Waals surface area contributed by atoms with Crippen LogP contribution in [0.1, 0.15) is 46.0 Å². The zero-order valence-electron chi connectivity index (χ0n) is 7.60. The molecule has 0 aromatic rings. The maximum atomic E-state index is 11.0. The van der Waals surface area contributed by atoms with Crippen molar-refractivity contribution in [1.82, 2.24) is 0 Å². The summed E-state index contributed by atoms with van der Waals surface area (Å²) < 4.78 is 0. The van der Waals surface area contributed by atoms with Crippen LogP contribution in [0, 0.1) is 0 Å². The average Bonchev–Trinajstić information content (AvgIpc) is 2.01. The van der Waals surface area contributed by atoms with Crippen molar-refractivity contribution in [3.05, 3.63) is 12.2 Å². The van der Waals surface area contributed by atoms with Crippen LogP contribution in [0.25, 0.3) is 0 Å². The summed E-state index contributed by atoms with van der Waals surface area (Å²) in [6.45, 7) is 4.09. The van der Waals surface area contributed by atoms with Gasteiger partial charge in [-0.1, -0.05) is 25.5 Å². The molecule has 0 aliphatic carbocycles. The van der Waals surface area contributed by atoms with Gasteiger partial charge in [0.25, 0.3) is 0 Å². The van der Waals surface area contributed by atoms with Gasteiger partial charge in [-0.25, -0.2) is 0 Å². The molecule has 0 fully saturated rings. The van der Waals surface area contributed by atoms with E-state index in [9.17, 15) is 4.79 Å². The van der Waals surface area contributed by atoms with E-state index in [4.69, 9.17) is 0 Å². The van der Waals surface area contributed by atoms with Gasteiger partial charge in [0.05, 0.1) is 0 Å². The van der Waals surface area contributed by atoms with Crippen molar-refractivity contribution < 1.29 is 4.79 Å². The Hall–Kier alpha value is -0.590. The van der Waals surface area contributed by atoms with Crippen molar-refractivity contribution in [2.45, 2.75) is 46.0 Å². The van der Waals surface area contributed by atoms with Crippen molar-refractivity contribution in [2.75, 3.05) is 0 Å². The van der Waals surface area contributed by atoms with Crippen LogP contribution in [0.4, 0.5) is 0 Å². The van der Waals surface area contributed by atoms with Crippen LogP contribution in [0.15, 0.2) is 12.2 Å². The molecule has 0 atom stereocenters. The predicted molar refractivity (Wildman–Crippen MR) is 48.6 cm³/mol. The maximum Gasteiger partial charge on any atom is 0.133 e. The molecule has 0 unspecified atom stereocenters. The molecule has 0 N–H and O–H groups in total. The van der Waals surface area contributed by atoms with E-state index in [0.717, 1.165) is 32.1 Å². The molecule has 0 radical (unpaired) electrons. The van der Waals surface area contributed by atoms with Gasteiger partial charge < -0.3 is 0 Å². The molecular formula is C10H18O. The van der Waals surface area contributed by atoms with Crippen LogP contribution < -0.4 is 0 Å². The third-order valence-corrected chi connectivity index (χ3v) is 1.63. The molecule has 0 heterocycles. The van der Waals surface area contributed by atoms with E-state index in [1.807, 2.05) is 19.1 Å². The lowest BCUT2D eigenvalue weighted by molar-refractivity contribution is -0.119. The fraction of sp³-hybridized carbons (Fsp3) is 0.700. The number of hydrogen-bond donors (Lipinski definition) is 0. The SMILES string of the molecule is CC=CCCC(=O)CCCC. The van der Waals surface area contributed by atoms with E-state index in [2.05, 4.69) is 6.92 Å². The second-order valence-corrected chi connectivity index (χ2v) is 2.75. The summed E-state index contributed by atoms with van der Waals surface area (Å²) in [7, 11) is 0. The Labute approximate surface area is 69.5 Å². The molecule has 64 valence electrons. The van der Waals surface area contributed by atoms with E-state index < -0.39 is 0 Å². The summed E-state index contributed by atoms with van der Waals surface area (Å²) in [6.07, 6.45) is 8.62. The Morgan fingerprint density at radius 2 is 2.09 bits per heavy atom. The maximum absolute atomic E-state index is 11.0. The highest BCUT2D eigenvalue weighted by molar-refractivity contribution is 5.78. The highest BCUT2D eigenvalue weighted by Gasteiger charge is 1.97. The van der Waals surface area contributed by atoms with E-state index in [1.54, 1.807) is 0 Å². The number of Topliss-reactive ketones (excluding diaryl/α,β-unsaturated/α-hetero) is 1. The predicted octanol–water partition coefficient (Wildman–Crippen LogP) is 3.10. The summed E-state index contributed by atoms with van der Waals surface area (Å²) in [6, 6.07) is 0. The molecule has 0 amide bonds. The Kier molecular flexibility index (Phi) is 7.11. The van der Waals surface area contributed by atoms with Gasteiger partial charge >= 0.3 is 0 Å². The van der Waals surface area contributed by atoms with Gasteiger partial charge in [0.15, 0.2) is 0 Å². The summed E-state index contributed by atoms with van der Waals surface area (Å²) in [5.74, 6) is 0.407. The summed E-state index contributed by atoms with van der Waals surface area (Å²) >= 11 is 0. The first-order valence-corrected chi connectivity index (χ1v) is 4.44. The molecule has 0 saturated carbocycles. The summed E-state index contributed by atoms with van der Waals surface area (Å²) in [4.78, 5) is 11.0. The molecule has 0 rings (SSSR count). The quantitative estimate of drug-likeness (QED) is 0.537. The van der Waals surface area contributed by atoms with Crippen LogP contribution in [-0.4, -0.2) is 5.78 Å². The largest absolute Gasteiger partial charge is 0.300 e. The van der Waals surface area contributed by atoms with E-state index in [1.165, 1.54) is 0 Å². The standard InChI is InChI=1S/C10H18O/c1-3-5-7-9-10(11)8-6-4-2/h3,5H,4,6-9H2,1-2H3. The van der Waals surface area contributed by atoms with Crippen LogP contribution in [-0.2, 0) is 4.79 Å². The molecule has 11 heavy (non-hydrogen) atoms. The minimum atomic E-state index is 0.407. The molecule has 0 aliphatic heterocycles. The highest BCUT2D eigenvalue weighted by atomic mass is 16.1. The molecule has 1 heteroatoms. The van der Waals surface area contributed by atoms with Gasteiger partial charge in [0.2, 0.25) is 0 Å². The van der Waals surface area contributed by atoms with Crippen LogP contribution in [0.2, 0.25) is 0 Å². The number of unbranched alkanes of at least 4 members (excludes halogenated alkanes) is 1. The molecule has 0 bridgehead atoms. The fourth-order valence-electron chi connectivity index (χ4n) is 0.910. The van der Waals surface area contributed by atoms with Gasteiger partial charge in [-0.05, 0) is 19.8 Å². The Morgan fingerprint density at radius 3 is 2.64 bits per heavy atom. The third kappa shape index (κ3) is 7.31. The molecule has 0 saturated heterocycles. The molecular weight excluding hydrogens is 136 g/mol. The average molecular weight is 154 g/mol. The topological polar surface area (TPSA) is 17.1 Å².